The highest BCUT2D eigenvalue weighted by Gasteiger charge is 2.20. The zero-order valence-corrected chi connectivity index (χ0v) is 14.7. The first kappa shape index (κ1) is 19.2. The molecule has 136 valence electrons. The molecule has 0 bridgehead atoms. The summed E-state index contributed by atoms with van der Waals surface area (Å²) in [6.45, 7) is 0.113. The predicted molar refractivity (Wildman–Crippen MR) is 90.4 cm³/mol. The number of amidine groups is 1. The maximum absolute atomic E-state index is 13.3. The summed E-state index contributed by atoms with van der Waals surface area (Å²) >= 11 is 5.76. The molecule has 0 saturated heterocycles. The van der Waals surface area contributed by atoms with Gasteiger partial charge in [-0.1, -0.05) is 16.8 Å². The van der Waals surface area contributed by atoms with Crippen molar-refractivity contribution in [1.82, 2.24) is 15.0 Å². The average Bonchev–Trinajstić information content (AvgIpc) is 3.00. The van der Waals surface area contributed by atoms with Gasteiger partial charge in [0.05, 0.1) is 5.02 Å². The van der Waals surface area contributed by atoms with Gasteiger partial charge in [-0.05, 0) is 36.2 Å². The van der Waals surface area contributed by atoms with E-state index in [0.717, 1.165) is 0 Å². The molecular weight excluding hydrogens is 375 g/mol. The summed E-state index contributed by atoms with van der Waals surface area (Å²) in [6.07, 6.45) is 0.707. The Hall–Kier alpha value is -2.08. The van der Waals surface area contributed by atoms with Crippen molar-refractivity contribution >= 4 is 33.3 Å². The van der Waals surface area contributed by atoms with E-state index in [1.54, 1.807) is 7.05 Å². The summed E-state index contributed by atoms with van der Waals surface area (Å²) in [5, 5.41) is 20.4. The lowest BCUT2D eigenvalue weighted by molar-refractivity contribution is 0.302. The number of benzene rings is 1. The first-order valence-electron chi connectivity index (χ1n) is 7.05. The highest BCUT2D eigenvalue weighted by atomic mass is 35.5. The third kappa shape index (κ3) is 5.19. The van der Waals surface area contributed by atoms with Crippen molar-refractivity contribution in [1.29, 1.82) is 5.41 Å². The Morgan fingerprint density at radius 2 is 2.20 bits per heavy atom. The summed E-state index contributed by atoms with van der Waals surface area (Å²) in [5.74, 6) is -0.588. The van der Waals surface area contributed by atoms with E-state index in [-0.39, 0.29) is 23.1 Å². The highest BCUT2D eigenvalue weighted by Crippen LogP contribution is 2.23. The molecule has 0 aliphatic heterocycles. The largest absolute Gasteiger partial charge is 0.328 e. The van der Waals surface area contributed by atoms with Gasteiger partial charge in [0.15, 0.2) is 11.5 Å². The van der Waals surface area contributed by atoms with Crippen molar-refractivity contribution in [2.45, 2.75) is 12.8 Å². The smallest absolute Gasteiger partial charge is 0.274 e. The number of hydrogen-bond acceptors (Lipinski definition) is 6. The Morgan fingerprint density at radius 1 is 1.48 bits per heavy atom. The molecule has 2 rings (SSSR count). The molecule has 0 unspecified atom stereocenters. The first-order valence-corrected chi connectivity index (χ1v) is 8.98. The van der Waals surface area contributed by atoms with Crippen LogP contribution in [0.4, 0.5) is 10.1 Å². The van der Waals surface area contributed by atoms with E-state index >= 15 is 0 Å². The van der Waals surface area contributed by atoms with E-state index in [9.17, 15) is 12.8 Å². The standard InChI is InChI=1S/C13H16ClFN6O3S/c1-21(8-4-5-10(15)9(14)7-8)13(16)12-11(19-24-20-12)3-2-6-18-25(17,22)23/h4-5,7,16,18H,2-3,6H2,1H3,(H2,17,22,23). The van der Waals surface area contributed by atoms with Crippen LogP contribution in [0.2, 0.25) is 5.02 Å². The van der Waals surface area contributed by atoms with Gasteiger partial charge in [0.25, 0.3) is 10.2 Å². The molecule has 0 aliphatic rings. The second kappa shape index (κ2) is 7.87. The number of nitrogens with one attached hydrogen (secondary N) is 2. The van der Waals surface area contributed by atoms with Gasteiger partial charge in [-0.15, -0.1) is 0 Å². The van der Waals surface area contributed by atoms with Gasteiger partial charge in [0.1, 0.15) is 11.5 Å². The van der Waals surface area contributed by atoms with Crippen LogP contribution in [0.3, 0.4) is 0 Å². The van der Waals surface area contributed by atoms with Crippen LogP contribution in [0, 0.1) is 11.2 Å². The molecule has 0 spiro atoms. The van der Waals surface area contributed by atoms with Crippen LogP contribution in [0.1, 0.15) is 17.8 Å². The number of aryl methyl sites for hydroxylation is 1. The number of aromatic nitrogens is 2. The predicted octanol–water partition coefficient (Wildman–Crippen LogP) is 1.05. The third-order valence-electron chi connectivity index (χ3n) is 3.30. The van der Waals surface area contributed by atoms with E-state index in [1.807, 2.05) is 0 Å². The molecule has 0 atom stereocenters. The summed E-state index contributed by atoms with van der Waals surface area (Å²) in [4.78, 5) is 1.44. The van der Waals surface area contributed by atoms with Crippen LogP contribution in [0.15, 0.2) is 22.8 Å². The Kier molecular flexibility index (Phi) is 6.06. The van der Waals surface area contributed by atoms with Crippen molar-refractivity contribution in [3.63, 3.8) is 0 Å². The van der Waals surface area contributed by atoms with Crippen molar-refractivity contribution in [2.24, 2.45) is 5.14 Å². The molecule has 4 N–H and O–H groups in total. The molecule has 0 amide bonds. The van der Waals surface area contributed by atoms with Gasteiger partial charge < -0.3 is 4.90 Å². The number of anilines is 1. The fourth-order valence-corrected chi connectivity index (χ4v) is 2.61. The maximum Gasteiger partial charge on any atom is 0.274 e. The fourth-order valence-electron chi connectivity index (χ4n) is 2.00. The zero-order valence-electron chi connectivity index (χ0n) is 13.2. The number of halogens is 2. The lowest BCUT2D eigenvalue weighted by Gasteiger charge is -2.19. The fraction of sp³-hybridized carbons (Fsp3) is 0.308. The second-order valence-corrected chi connectivity index (χ2v) is 6.89. The summed E-state index contributed by atoms with van der Waals surface area (Å²) in [7, 11) is -2.16. The minimum absolute atomic E-state index is 0.0293. The van der Waals surface area contributed by atoms with Gasteiger partial charge in [0, 0.05) is 19.3 Å². The lowest BCUT2D eigenvalue weighted by atomic mass is 10.1. The SMILES string of the molecule is CN(C(=N)c1nonc1CCCNS(N)(=O)=O)c1ccc(F)c(Cl)c1. The Labute approximate surface area is 148 Å². The molecule has 12 heteroatoms. The Morgan fingerprint density at radius 3 is 2.84 bits per heavy atom. The van der Waals surface area contributed by atoms with Crippen molar-refractivity contribution in [2.75, 3.05) is 18.5 Å². The van der Waals surface area contributed by atoms with E-state index in [0.29, 0.717) is 24.2 Å². The van der Waals surface area contributed by atoms with Gasteiger partial charge in [-0.2, -0.15) is 8.42 Å². The van der Waals surface area contributed by atoms with Crippen LogP contribution in [-0.4, -0.2) is 38.2 Å². The summed E-state index contributed by atoms with van der Waals surface area (Å²) in [5.41, 5.74) is 1.07. The van der Waals surface area contributed by atoms with Crippen LogP contribution in [-0.2, 0) is 16.6 Å². The third-order valence-corrected chi connectivity index (χ3v) is 4.20. The topological polar surface area (TPSA) is 138 Å². The van der Waals surface area contributed by atoms with E-state index in [2.05, 4.69) is 19.7 Å². The number of nitrogens with zero attached hydrogens (tertiary/aromatic N) is 3. The van der Waals surface area contributed by atoms with Crippen LogP contribution < -0.4 is 14.8 Å². The van der Waals surface area contributed by atoms with Crippen molar-refractivity contribution < 1.29 is 17.4 Å². The Bertz CT molecular complexity index is 872. The van der Waals surface area contributed by atoms with Crippen LogP contribution in [0.25, 0.3) is 0 Å². The number of hydrogen-bond donors (Lipinski definition) is 3. The highest BCUT2D eigenvalue weighted by molar-refractivity contribution is 7.87. The summed E-state index contributed by atoms with van der Waals surface area (Å²) < 4.78 is 41.7. The van der Waals surface area contributed by atoms with E-state index < -0.39 is 16.0 Å². The zero-order chi connectivity index (χ0) is 18.6. The summed E-state index contributed by atoms with van der Waals surface area (Å²) in [6, 6.07) is 4.05. The maximum atomic E-state index is 13.3. The normalized spacial score (nSPS) is 11.5. The molecule has 1 aromatic heterocycles. The quantitative estimate of drug-likeness (QED) is 0.367. The molecule has 0 fully saturated rings. The molecule has 0 radical (unpaired) electrons. The van der Waals surface area contributed by atoms with E-state index in [4.69, 9.17) is 22.1 Å². The number of rotatable bonds is 7. The van der Waals surface area contributed by atoms with Crippen LogP contribution >= 0.6 is 11.6 Å². The van der Waals surface area contributed by atoms with Gasteiger partial charge >= 0.3 is 0 Å². The molecule has 1 heterocycles. The minimum Gasteiger partial charge on any atom is -0.328 e. The molecular formula is C13H16ClFN6O3S. The van der Waals surface area contributed by atoms with Gasteiger partial charge in [-0.3, -0.25) is 5.41 Å². The first-order chi connectivity index (χ1) is 11.7. The lowest BCUT2D eigenvalue weighted by Crippen LogP contribution is -2.32. The molecule has 1 aromatic carbocycles. The minimum atomic E-state index is -3.75. The van der Waals surface area contributed by atoms with Crippen molar-refractivity contribution in [3.8, 4) is 0 Å². The Balaban J connectivity index is 2.07. The second-order valence-electron chi connectivity index (χ2n) is 5.11. The molecule has 25 heavy (non-hydrogen) atoms. The van der Waals surface area contributed by atoms with E-state index in [1.165, 1.54) is 23.1 Å². The average molecular weight is 391 g/mol. The molecule has 9 nitrogen and oxygen atoms in total. The molecule has 0 saturated carbocycles. The van der Waals surface area contributed by atoms with Crippen molar-refractivity contribution in [3.05, 3.63) is 40.4 Å². The van der Waals surface area contributed by atoms with Gasteiger partial charge in [-0.25, -0.2) is 18.9 Å². The molecule has 0 aliphatic carbocycles. The monoisotopic (exact) mass is 390 g/mol. The molecule has 2 aromatic rings. The number of nitrogens with two attached hydrogens (primary N) is 1. The van der Waals surface area contributed by atoms with Crippen LogP contribution in [0.5, 0.6) is 0 Å². The van der Waals surface area contributed by atoms with Gasteiger partial charge in [0.2, 0.25) is 0 Å².